The van der Waals surface area contributed by atoms with Crippen LogP contribution in [0.15, 0.2) is 51.0 Å². The number of nitrogens with one attached hydrogen (secondary N) is 1. The number of hydrogen-bond acceptors (Lipinski definition) is 4. The summed E-state index contributed by atoms with van der Waals surface area (Å²) in [6.07, 6.45) is 2.40. The van der Waals surface area contributed by atoms with Crippen molar-refractivity contribution >= 4 is 22.3 Å². The average molecular weight is 328 g/mol. The number of phenols is 1. The first-order valence-electron chi connectivity index (χ1n) is 7.84. The molecule has 1 aliphatic heterocycles. The molecule has 4 nitrogen and oxygen atoms in total. The van der Waals surface area contributed by atoms with Crippen LogP contribution in [0.3, 0.4) is 0 Å². The molecule has 0 spiro atoms. The van der Waals surface area contributed by atoms with Gasteiger partial charge in [-0.05, 0) is 23.6 Å². The fraction of sp³-hybridized carbons (Fsp3) is 0.278. The summed E-state index contributed by atoms with van der Waals surface area (Å²) in [7, 11) is 0. The van der Waals surface area contributed by atoms with Gasteiger partial charge in [-0.25, -0.2) is 4.79 Å². The van der Waals surface area contributed by atoms with Crippen LogP contribution in [-0.4, -0.2) is 11.7 Å². The fourth-order valence-corrected chi connectivity index (χ4v) is 4.49. The Morgan fingerprint density at radius 3 is 3.04 bits per heavy atom. The van der Waals surface area contributed by atoms with E-state index in [1.807, 2.05) is 17.4 Å². The van der Waals surface area contributed by atoms with Crippen molar-refractivity contribution in [3.8, 4) is 5.75 Å². The van der Waals surface area contributed by atoms with Crippen molar-refractivity contribution < 1.29 is 14.4 Å². The van der Waals surface area contributed by atoms with Gasteiger partial charge in [-0.1, -0.05) is 6.07 Å². The molecule has 23 heavy (non-hydrogen) atoms. The maximum absolute atomic E-state index is 11.8. The lowest BCUT2D eigenvalue weighted by Gasteiger charge is -2.21. The summed E-state index contributed by atoms with van der Waals surface area (Å²) < 4.78 is 5.22. The van der Waals surface area contributed by atoms with Crippen LogP contribution in [0.4, 0.5) is 0 Å². The number of thiophene rings is 1. The first kappa shape index (κ1) is 14.5. The first-order chi connectivity index (χ1) is 11.2. The van der Waals surface area contributed by atoms with Crippen molar-refractivity contribution in [3.05, 3.63) is 62.6 Å². The Morgan fingerprint density at radius 2 is 2.22 bits per heavy atom. The van der Waals surface area contributed by atoms with Crippen molar-refractivity contribution in [2.45, 2.75) is 25.4 Å². The maximum Gasteiger partial charge on any atom is 0.336 e. The van der Waals surface area contributed by atoms with E-state index in [0.717, 1.165) is 24.0 Å². The summed E-state index contributed by atoms with van der Waals surface area (Å²) in [5.41, 5.74) is 1.10. The van der Waals surface area contributed by atoms with Gasteiger partial charge in [-0.2, -0.15) is 0 Å². The Labute approximate surface area is 137 Å². The van der Waals surface area contributed by atoms with E-state index in [4.69, 9.17) is 4.42 Å². The van der Waals surface area contributed by atoms with E-state index in [-0.39, 0.29) is 11.4 Å². The van der Waals surface area contributed by atoms with Crippen molar-refractivity contribution in [1.82, 2.24) is 0 Å². The fourth-order valence-electron chi connectivity index (χ4n) is 3.57. The molecule has 0 bridgehead atoms. The molecular weight excluding hydrogens is 310 g/mol. The molecule has 0 saturated carbocycles. The van der Waals surface area contributed by atoms with Gasteiger partial charge in [0.1, 0.15) is 23.9 Å². The number of fused-ring (bicyclic) bond motifs is 1. The van der Waals surface area contributed by atoms with Gasteiger partial charge in [0.05, 0.1) is 11.4 Å². The normalized spacial score (nSPS) is 21.0. The molecule has 3 heterocycles. The summed E-state index contributed by atoms with van der Waals surface area (Å²) >= 11 is 1.81. The number of rotatable bonds is 3. The van der Waals surface area contributed by atoms with E-state index in [1.54, 1.807) is 12.1 Å². The molecule has 1 unspecified atom stereocenters. The zero-order valence-electron chi connectivity index (χ0n) is 12.6. The second-order valence-corrected chi connectivity index (χ2v) is 7.05. The standard InChI is InChI=1S/C18H17NO3S/c20-13-5-6-14-12(9-18(21)22-16(14)10-13)11-19-7-1-3-15(19)17-4-2-8-23-17/h2,4-6,8-10,15,20H,1,3,7,11H2/p+1/t15-/m1/s1. The zero-order chi connectivity index (χ0) is 15.8. The molecule has 0 aliphatic carbocycles. The van der Waals surface area contributed by atoms with Gasteiger partial charge < -0.3 is 14.4 Å². The third-order valence-corrected chi connectivity index (χ3v) is 5.59. The monoisotopic (exact) mass is 328 g/mol. The topological polar surface area (TPSA) is 54.9 Å². The van der Waals surface area contributed by atoms with Crippen LogP contribution in [-0.2, 0) is 6.54 Å². The van der Waals surface area contributed by atoms with Gasteiger partial charge in [0, 0.05) is 35.9 Å². The molecule has 5 heteroatoms. The number of aromatic hydroxyl groups is 1. The highest BCUT2D eigenvalue weighted by Gasteiger charge is 2.31. The molecule has 2 atom stereocenters. The lowest BCUT2D eigenvalue weighted by atomic mass is 10.1. The maximum atomic E-state index is 11.8. The molecule has 0 amide bonds. The van der Waals surface area contributed by atoms with Gasteiger partial charge in [-0.15, -0.1) is 11.3 Å². The van der Waals surface area contributed by atoms with Crippen molar-refractivity contribution in [3.63, 3.8) is 0 Å². The quantitative estimate of drug-likeness (QED) is 0.726. The number of benzene rings is 1. The van der Waals surface area contributed by atoms with Gasteiger partial charge >= 0.3 is 5.63 Å². The first-order valence-corrected chi connectivity index (χ1v) is 8.72. The molecule has 1 saturated heterocycles. The largest absolute Gasteiger partial charge is 0.508 e. The van der Waals surface area contributed by atoms with E-state index >= 15 is 0 Å². The van der Waals surface area contributed by atoms with Crippen LogP contribution in [0.5, 0.6) is 5.75 Å². The highest BCUT2D eigenvalue weighted by Crippen LogP contribution is 2.25. The Kier molecular flexibility index (Phi) is 3.67. The van der Waals surface area contributed by atoms with Crippen molar-refractivity contribution in [2.75, 3.05) is 6.54 Å². The summed E-state index contributed by atoms with van der Waals surface area (Å²) in [6.45, 7) is 1.91. The molecule has 2 N–H and O–H groups in total. The minimum absolute atomic E-state index is 0.114. The lowest BCUT2D eigenvalue weighted by molar-refractivity contribution is -0.931. The molecule has 3 aromatic rings. The van der Waals surface area contributed by atoms with Crippen LogP contribution < -0.4 is 10.5 Å². The Morgan fingerprint density at radius 1 is 1.30 bits per heavy atom. The van der Waals surface area contributed by atoms with Crippen molar-refractivity contribution in [1.29, 1.82) is 0 Å². The SMILES string of the molecule is O=c1cc(C[NH+]2CCC[C@@H]2c2cccs2)c2ccc(O)cc2o1. The molecule has 4 rings (SSSR count). The zero-order valence-corrected chi connectivity index (χ0v) is 13.4. The van der Waals surface area contributed by atoms with Crippen LogP contribution in [0, 0.1) is 0 Å². The predicted molar refractivity (Wildman–Crippen MR) is 90.0 cm³/mol. The average Bonchev–Trinajstić information content (AvgIpc) is 3.17. The minimum atomic E-state index is -0.357. The Hall–Kier alpha value is -2.11. The van der Waals surface area contributed by atoms with E-state index in [2.05, 4.69) is 17.5 Å². The van der Waals surface area contributed by atoms with Gasteiger partial charge in [0.15, 0.2) is 0 Å². The molecular formula is C18H18NO3S+. The van der Waals surface area contributed by atoms with Gasteiger partial charge in [0.25, 0.3) is 0 Å². The number of quaternary nitrogens is 1. The summed E-state index contributed by atoms with van der Waals surface area (Å²) in [5.74, 6) is 0.114. The van der Waals surface area contributed by atoms with E-state index < -0.39 is 0 Å². The molecule has 0 radical (unpaired) electrons. The predicted octanol–water partition coefficient (Wildman–Crippen LogP) is 2.48. The third-order valence-electron chi connectivity index (χ3n) is 4.60. The van der Waals surface area contributed by atoms with Crippen LogP contribution in [0.2, 0.25) is 0 Å². The molecule has 118 valence electrons. The van der Waals surface area contributed by atoms with E-state index in [9.17, 15) is 9.90 Å². The Balaban J connectivity index is 1.71. The molecule has 1 aliphatic rings. The third kappa shape index (κ3) is 2.78. The lowest BCUT2D eigenvalue weighted by Crippen LogP contribution is -3.08. The van der Waals surface area contributed by atoms with Crippen LogP contribution >= 0.6 is 11.3 Å². The van der Waals surface area contributed by atoms with Crippen molar-refractivity contribution in [2.24, 2.45) is 0 Å². The molecule has 1 aromatic carbocycles. The number of likely N-dealkylation sites (tertiary alicyclic amines) is 1. The van der Waals surface area contributed by atoms with Crippen LogP contribution in [0.25, 0.3) is 11.0 Å². The van der Waals surface area contributed by atoms with E-state index in [1.165, 1.54) is 28.7 Å². The highest BCUT2D eigenvalue weighted by molar-refractivity contribution is 7.10. The summed E-state index contributed by atoms with van der Waals surface area (Å²) in [4.78, 5) is 14.8. The minimum Gasteiger partial charge on any atom is -0.508 e. The van der Waals surface area contributed by atoms with Crippen LogP contribution in [0.1, 0.15) is 29.3 Å². The van der Waals surface area contributed by atoms with E-state index in [0.29, 0.717) is 11.6 Å². The molecule has 1 fully saturated rings. The Bertz CT molecular complexity index is 885. The number of hydrogen-bond donors (Lipinski definition) is 2. The smallest absolute Gasteiger partial charge is 0.336 e. The second kappa shape index (κ2) is 5.83. The number of phenolic OH excluding ortho intramolecular Hbond substituents is 1. The molecule has 2 aromatic heterocycles. The highest BCUT2D eigenvalue weighted by atomic mass is 32.1. The summed E-state index contributed by atoms with van der Waals surface area (Å²) in [5, 5.41) is 12.6. The summed E-state index contributed by atoms with van der Waals surface area (Å²) in [6, 6.07) is 11.4. The van der Waals surface area contributed by atoms with Gasteiger partial charge in [0.2, 0.25) is 0 Å². The van der Waals surface area contributed by atoms with Gasteiger partial charge in [-0.3, -0.25) is 0 Å². The second-order valence-electron chi connectivity index (χ2n) is 6.07.